The summed E-state index contributed by atoms with van der Waals surface area (Å²) < 4.78 is 5.51. The molecule has 0 saturated carbocycles. The Balaban J connectivity index is 3.14. The summed E-state index contributed by atoms with van der Waals surface area (Å²) in [6.07, 6.45) is 3.70. The summed E-state index contributed by atoms with van der Waals surface area (Å²) in [5.41, 5.74) is 0. The van der Waals surface area contributed by atoms with E-state index in [4.69, 9.17) is 4.74 Å². The average Bonchev–Trinajstić information content (AvgIpc) is 2.14. The second-order valence-electron chi connectivity index (χ2n) is 4.45. The van der Waals surface area contributed by atoms with Crippen molar-refractivity contribution in [3.63, 3.8) is 0 Å². The fourth-order valence-corrected chi connectivity index (χ4v) is 1.16. The lowest BCUT2D eigenvalue weighted by atomic mass is 10.1. The van der Waals surface area contributed by atoms with Crippen LogP contribution in [-0.2, 0) is 4.74 Å². The van der Waals surface area contributed by atoms with Crippen molar-refractivity contribution in [3.8, 4) is 0 Å². The van der Waals surface area contributed by atoms with Crippen LogP contribution >= 0.6 is 0 Å². The summed E-state index contributed by atoms with van der Waals surface area (Å²) in [5.74, 6) is 0.804. The lowest BCUT2D eigenvalue weighted by Crippen LogP contribution is -2.25. The van der Waals surface area contributed by atoms with Gasteiger partial charge in [0.25, 0.3) is 0 Å². The molecule has 0 rings (SSSR count). The zero-order valence-corrected chi connectivity index (χ0v) is 10.4. The topological polar surface area (TPSA) is 12.5 Å². The zero-order valence-electron chi connectivity index (χ0n) is 10.4. The molecule has 0 amide bonds. The van der Waals surface area contributed by atoms with Crippen LogP contribution in [0, 0.1) is 5.92 Å². The average molecular weight is 201 g/mol. The van der Waals surface area contributed by atoms with Gasteiger partial charge < -0.3 is 9.64 Å². The van der Waals surface area contributed by atoms with Crippen molar-refractivity contribution in [2.45, 2.75) is 40.0 Å². The molecule has 0 heterocycles. The van der Waals surface area contributed by atoms with E-state index >= 15 is 0 Å². The van der Waals surface area contributed by atoms with Crippen LogP contribution in [0.4, 0.5) is 0 Å². The first-order valence-electron chi connectivity index (χ1n) is 5.93. The third-order valence-corrected chi connectivity index (χ3v) is 2.35. The molecule has 0 aliphatic carbocycles. The molecule has 0 aromatic rings. The Labute approximate surface area is 89.6 Å². The fourth-order valence-electron chi connectivity index (χ4n) is 1.16. The second kappa shape index (κ2) is 9.47. The highest BCUT2D eigenvalue weighted by molar-refractivity contribution is 4.53. The van der Waals surface area contributed by atoms with Gasteiger partial charge >= 0.3 is 0 Å². The Morgan fingerprint density at radius 3 is 2.43 bits per heavy atom. The van der Waals surface area contributed by atoms with Gasteiger partial charge in [0.2, 0.25) is 0 Å². The highest BCUT2D eigenvalue weighted by Crippen LogP contribution is 2.00. The quantitative estimate of drug-likeness (QED) is 0.532. The van der Waals surface area contributed by atoms with Crippen LogP contribution in [0.15, 0.2) is 0 Å². The Bertz CT molecular complexity index is 115. The number of unbranched alkanes of at least 4 members (excludes halogenated alkanes) is 1. The minimum absolute atomic E-state index is 0.804. The van der Waals surface area contributed by atoms with Gasteiger partial charge in [-0.3, -0.25) is 0 Å². The molecule has 0 radical (unpaired) electrons. The summed E-state index contributed by atoms with van der Waals surface area (Å²) >= 11 is 0. The van der Waals surface area contributed by atoms with Crippen LogP contribution in [0.3, 0.4) is 0 Å². The van der Waals surface area contributed by atoms with Crippen LogP contribution < -0.4 is 0 Å². The maximum absolute atomic E-state index is 5.51. The molecule has 0 spiro atoms. The van der Waals surface area contributed by atoms with Gasteiger partial charge in [0.05, 0.1) is 6.61 Å². The molecule has 0 fully saturated rings. The third kappa shape index (κ3) is 10.0. The van der Waals surface area contributed by atoms with E-state index in [0.717, 1.165) is 25.7 Å². The molecule has 0 bridgehead atoms. The van der Waals surface area contributed by atoms with Crippen molar-refractivity contribution in [1.82, 2.24) is 4.90 Å². The molecule has 0 N–H and O–H groups in total. The Kier molecular flexibility index (Phi) is 9.42. The maximum Gasteiger partial charge on any atom is 0.0593 e. The van der Waals surface area contributed by atoms with Crippen LogP contribution in [0.2, 0.25) is 0 Å². The fraction of sp³-hybridized carbons (Fsp3) is 1.00. The second-order valence-corrected chi connectivity index (χ2v) is 4.45. The number of hydrogen-bond acceptors (Lipinski definition) is 2. The molecule has 0 atom stereocenters. The van der Waals surface area contributed by atoms with Gasteiger partial charge in [-0.1, -0.05) is 27.2 Å². The molecule has 14 heavy (non-hydrogen) atoms. The molecule has 2 nitrogen and oxygen atoms in total. The van der Waals surface area contributed by atoms with Gasteiger partial charge in [-0.2, -0.15) is 0 Å². The van der Waals surface area contributed by atoms with Gasteiger partial charge in [-0.15, -0.1) is 0 Å². The van der Waals surface area contributed by atoms with E-state index in [2.05, 4.69) is 32.7 Å². The maximum atomic E-state index is 5.51. The van der Waals surface area contributed by atoms with Gasteiger partial charge in [0, 0.05) is 13.2 Å². The van der Waals surface area contributed by atoms with Crippen LogP contribution in [-0.4, -0.2) is 38.3 Å². The predicted octanol–water partition coefficient (Wildman–Crippen LogP) is 2.78. The SMILES string of the molecule is CCCCOCCN(C)CCC(C)C. The van der Waals surface area contributed by atoms with E-state index in [1.165, 1.54) is 25.8 Å². The molecule has 0 aliphatic rings. The molecule has 0 aromatic carbocycles. The van der Waals surface area contributed by atoms with Crippen molar-refractivity contribution in [2.24, 2.45) is 5.92 Å². The molecule has 0 aromatic heterocycles. The van der Waals surface area contributed by atoms with Crippen LogP contribution in [0.25, 0.3) is 0 Å². The van der Waals surface area contributed by atoms with Gasteiger partial charge in [-0.05, 0) is 32.4 Å². The van der Waals surface area contributed by atoms with E-state index in [1.54, 1.807) is 0 Å². The lowest BCUT2D eigenvalue weighted by Gasteiger charge is -2.17. The molecule has 0 aliphatic heterocycles. The molecule has 0 saturated heterocycles. The first-order valence-corrected chi connectivity index (χ1v) is 5.93. The first-order chi connectivity index (χ1) is 6.66. The van der Waals surface area contributed by atoms with Crippen molar-refractivity contribution >= 4 is 0 Å². The minimum atomic E-state index is 0.804. The summed E-state index contributed by atoms with van der Waals surface area (Å²) in [7, 11) is 2.17. The molecule has 0 unspecified atom stereocenters. The lowest BCUT2D eigenvalue weighted by molar-refractivity contribution is 0.108. The monoisotopic (exact) mass is 201 g/mol. The van der Waals surface area contributed by atoms with E-state index in [0.29, 0.717) is 0 Å². The van der Waals surface area contributed by atoms with E-state index in [9.17, 15) is 0 Å². The highest BCUT2D eigenvalue weighted by Gasteiger charge is 1.99. The van der Waals surface area contributed by atoms with Crippen molar-refractivity contribution in [3.05, 3.63) is 0 Å². The summed E-state index contributed by atoms with van der Waals surface area (Å²) in [6, 6.07) is 0. The Morgan fingerprint density at radius 1 is 1.14 bits per heavy atom. The molecular formula is C12H27NO. The number of ether oxygens (including phenoxy) is 1. The minimum Gasteiger partial charge on any atom is -0.380 e. The van der Waals surface area contributed by atoms with Crippen molar-refractivity contribution < 1.29 is 4.74 Å². The highest BCUT2D eigenvalue weighted by atomic mass is 16.5. The van der Waals surface area contributed by atoms with E-state index in [1.807, 2.05) is 0 Å². The number of rotatable bonds is 9. The normalized spacial score (nSPS) is 11.6. The zero-order chi connectivity index (χ0) is 10.8. The largest absolute Gasteiger partial charge is 0.380 e. The van der Waals surface area contributed by atoms with Crippen molar-refractivity contribution in [1.29, 1.82) is 0 Å². The smallest absolute Gasteiger partial charge is 0.0593 e. The van der Waals surface area contributed by atoms with Crippen LogP contribution in [0.5, 0.6) is 0 Å². The summed E-state index contributed by atoms with van der Waals surface area (Å²) in [6.45, 7) is 10.8. The Morgan fingerprint density at radius 2 is 1.86 bits per heavy atom. The van der Waals surface area contributed by atoms with Crippen LogP contribution in [0.1, 0.15) is 40.0 Å². The summed E-state index contributed by atoms with van der Waals surface area (Å²) in [5, 5.41) is 0. The first kappa shape index (κ1) is 13.9. The van der Waals surface area contributed by atoms with E-state index in [-0.39, 0.29) is 0 Å². The molecular weight excluding hydrogens is 174 g/mol. The standard InChI is InChI=1S/C12H27NO/c1-5-6-10-14-11-9-13(4)8-7-12(2)3/h12H,5-11H2,1-4H3. The van der Waals surface area contributed by atoms with Gasteiger partial charge in [0.15, 0.2) is 0 Å². The van der Waals surface area contributed by atoms with E-state index < -0.39 is 0 Å². The summed E-state index contributed by atoms with van der Waals surface area (Å²) in [4.78, 5) is 2.35. The number of likely N-dealkylation sites (N-methyl/N-ethyl adjacent to an activating group) is 1. The van der Waals surface area contributed by atoms with Crippen molar-refractivity contribution in [2.75, 3.05) is 33.4 Å². The molecule has 2 heteroatoms. The Hall–Kier alpha value is -0.0800. The number of nitrogens with zero attached hydrogens (tertiary/aromatic N) is 1. The third-order valence-electron chi connectivity index (χ3n) is 2.35. The molecule has 86 valence electrons. The predicted molar refractivity (Wildman–Crippen MR) is 62.7 cm³/mol. The number of hydrogen-bond donors (Lipinski definition) is 0. The van der Waals surface area contributed by atoms with Gasteiger partial charge in [0.1, 0.15) is 0 Å². The van der Waals surface area contributed by atoms with Gasteiger partial charge in [-0.25, -0.2) is 0 Å².